The zero-order valence-corrected chi connectivity index (χ0v) is 10.6. The Hall–Kier alpha value is -0.290. The van der Waals surface area contributed by atoms with Gasteiger partial charge in [0.25, 0.3) is 0 Å². The Morgan fingerprint density at radius 1 is 1.29 bits per heavy atom. The van der Waals surface area contributed by atoms with Gasteiger partial charge in [-0.3, -0.25) is 4.39 Å². The topological polar surface area (TPSA) is 35.2 Å². The van der Waals surface area contributed by atoms with Gasteiger partial charge in [0, 0.05) is 12.1 Å². The van der Waals surface area contributed by atoms with Crippen molar-refractivity contribution in [3.63, 3.8) is 0 Å². The van der Waals surface area contributed by atoms with E-state index in [1.165, 1.54) is 0 Å². The average molecular weight is 327 g/mol. The van der Waals surface area contributed by atoms with Crippen LogP contribution in [0.25, 0.3) is 0 Å². The Morgan fingerprint density at radius 3 is 2.36 bits per heavy atom. The molecule has 0 aromatic heterocycles. The fourth-order valence-electron chi connectivity index (χ4n) is 0.946. The molecule has 0 aliphatic heterocycles. The van der Waals surface area contributed by atoms with Crippen molar-refractivity contribution in [2.45, 2.75) is 6.42 Å². The molecule has 0 radical (unpaired) electrons. The number of ether oxygens (including phenoxy) is 1. The summed E-state index contributed by atoms with van der Waals surface area (Å²) < 4.78 is 18.7. The van der Waals surface area contributed by atoms with Crippen LogP contribution in [0.2, 0.25) is 0 Å². The van der Waals surface area contributed by atoms with Gasteiger partial charge in [0.05, 0.1) is 22.2 Å². The maximum absolute atomic E-state index is 11.8. The van der Waals surface area contributed by atoms with Gasteiger partial charge >= 0.3 is 0 Å². The molecule has 1 aromatic rings. The largest absolute Gasteiger partial charge is 0.491 e. The third-order valence-electron chi connectivity index (χ3n) is 1.54. The van der Waals surface area contributed by atoms with Gasteiger partial charge in [0.1, 0.15) is 5.75 Å². The highest BCUT2D eigenvalue weighted by Crippen LogP contribution is 2.35. The molecular formula is C9H10Br2FNO. The van der Waals surface area contributed by atoms with Crippen LogP contribution in [0.5, 0.6) is 5.75 Å². The monoisotopic (exact) mass is 325 g/mol. The van der Waals surface area contributed by atoms with E-state index in [1.807, 2.05) is 0 Å². The molecule has 1 aromatic carbocycles. The lowest BCUT2D eigenvalue weighted by atomic mass is 10.3. The van der Waals surface area contributed by atoms with Gasteiger partial charge < -0.3 is 10.5 Å². The van der Waals surface area contributed by atoms with Crippen molar-refractivity contribution < 1.29 is 9.13 Å². The molecule has 0 aliphatic rings. The summed E-state index contributed by atoms with van der Waals surface area (Å²) in [4.78, 5) is 0. The Bertz CT molecular complexity index is 297. The predicted octanol–water partition coefficient (Wildman–Crippen LogP) is 3.53. The lowest BCUT2D eigenvalue weighted by molar-refractivity contribution is 0.286. The van der Waals surface area contributed by atoms with Crippen LogP contribution in [-0.4, -0.2) is 13.3 Å². The van der Waals surface area contributed by atoms with Gasteiger partial charge in [-0.25, -0.2) is 0 Å². The summed E-state index contributed by atoms with van der Waals surface area (Å²) >= 11 is 6.64. The van der Waals surface area contributed by atoms with Crippen molar-refractivity contribution in [1.82, 2.24) is 0 Å². The zero-order chi connectivity index (χ0) is 10.6. The van der Waals surface area contributed by atoms with Crippen molar-refractivity contribution in [2.24, 2.45) is 0 Å². The molecule has 0 bridgehead atoms. The van der Waals surface area contributed by atoms with Gasteiger partial charge in [0.15, 0.2) is 0 Å². The summed E-state index contributed by atoms with van der Waals surface area (Å²) in [6.07, 6.45) is 0.392. The molecule has 0 saturated carbocycles. The van der Waals surface area contributed by atoms with Gasteiger partial charge in [-0.15, -0.1) is 0 Å². The smallest absolute Gasteiger partial charge is 0.147 e. The number of rotatable bonds is 4. The summed E-state index contributed by atoms with van der Waals surface area (Å²) in [5, 5.41) is 0. The van der Waals surface area contributed by atoms with Crippen LogP contribution in [0.3, 0.4) is 0 Å². The SMILES string of the molecule is Nc1cc(Br)c(OCCCF)c(Br)c1. The second-order valence-electron chi connectivity index (χ2n) is 2.70. The molecule has 0 fully saturated rings. The minimum atomic E-state index is -0.371. The standard InChI is InChI=1S/C9H10Br2FNO/c10-7-4-6(13)5-8(11)9(7)14-3-1-2-12/h4-5H,1-3,13H2. The van der Waals surface area contributed by atoms with Crippen LogP contribution in [0.4, 0.5) is 10.1 Å². The molecule has 0 atom stereocenters. The van der Waals surface area contributed by atoms with Gasteiger partial charge in [-0.1, -0.05) is 0 Å². The van der Waals surface area contributed by atoms with Crippen molar-refractivity contribution in [1.29, 1.82) is 0 Å². The molecule has 2 nitrogen and oxygen atoms in total. The first-order valence-corrected chi connectivity index (χ1v) is 5.67. The van der Waals surface area contributed by atoms with Crippen LogP contribution in [-0.2, 0) is 0 Å². The van der Waals surface area contributed by atoms with Crippen LogP contribution in [0, 0.1) is 0 Å². The van der Waals surface area contributed by atoms with Crippen molar-refractivity contribution in [2.75, 3.05) is 19.0 Å². The highest BCUT2D eigenvalue weighted by atomic mass is 79.9. The third kappa shape index (κ3) is 3.13. The summed E-state index contributed by atoms with van der Waals surface area (Å²) in [6.45, 7) is -0.0121. The number of nitrogen functional groups attached to an aromatic ring is 1. The van der Waals surface area contributed by atoms with Crippen molar-refractivity contribution >= 4 is 37.5 Å². The van der Waals surface area contributed by atoms with E-state index < -0.39 is 0 Å². The van der Waals surface area contributed by atoms with Gasteiger partial charge in [-0.2, -0.15) is 0 Å². The third-order valence-corrected chi connectivity index (χ3v) is 2.72. The summed E-state index contributed by atoms with van der Waals surface area (Å²) in [5.74, 6) is 0.660. The number of benzene rings is 1. The fourth-order valence-corrected chi connectivity index (χ4v) is 2.40. The second-order valence-corrected chi connectivity index (χ2v) is 4.41. The Kier molecular flexibility index (Phi) is 4.68. The summed E-state index contributed by atoms with van der Waals surface area (Å²) in [5.41, 5.74) is 6.25. The molecule has 0 saturated heterocycles. The fraction of sp³-hybridized carbons (Fsp3) is 0.333. The van der Waals surface area contributed by atoms with E-state index in [4.69, 9.17) is 10.5 Å². The van der Waals surface area contributed by atoms with Crippen molar-refractivity contribution in [3.05, 3.63) is 21.1 Å². The highest BCUT2D eigenvalue weighted by Gasteiger charge is 2.07. The Labute approximate surface area is 98.9 Å². The Balaban J connectivity index is 2.75. The molecule has 5 heteroatoms. The molecule has 0 aliphatic carbocycles. The van der Waals surface area contributed by atoms with E-state index in [0.29, 0.717) is 24.5 Å². The first-order valence-electron chi connectivity index (χ1n) is 4.08. The summed E-state index contributed by atoms with van der Waals surface area (Å²) in [6, 6.07) is 3.49. The second kappa shape index (κ2) is 5.56. The minimum Gasteiger partial charge on any atom is -0.491 e. The number of hydrogen-bond donors (Lipinski definition) is 1. The molecule has 0 amide bonds. The molecule has 2 N–H and O–H groups in total. The lowest BCUT2D eigenvalue weighted by Gasteiger charge is -2.10. The maximum atomic E-state index is 11.8. The zero-order valence-electron chi connectivity index (χ0n) is 7.40. The quantitative estimate of drug-likeness (QED) is 0.678. The van der Waals surface area contributed by atoms with Crippen LogP contribution in [0.1, 0.15) is 6.42 Å². The van der Waals surface area contributed by atoms with E-state index in [2.05, 4.69) is 31.9 Å². The molecule has 0 unspecified atom stereocenters. The number of halogens is 3. The molecule has 14 heavy (non-hydrogen) atoms. The van der Waals surface area contributed by atoms with Crippen LogP contribution < -0.4 is 10.5 Å². The number of hydrogen-bond acceptors (Lipinski definition) is 2. The predicted molar refractivity (Wildman–Crippen MR) is 62.3 cm³/mol. The number of nitrogens with two attached hydrogens (primary N) is 1. The lowest BCUT2D eigenvalue weighted by Crippen LogP contribution is -2.00. The van der Waals surface area contributed by atoms with Crippen LogP contribution in [0.15, 0.2) is 21.1 Å². The van der Waals surface area contributed by atoms with Gasteiger partial charge in [0.2, 0.25) is 0 Å². The molecule has 1 rings (SSSR count). The molecule has 78 valence electrons. The molecular weight excluding hydrogens is 317 g/mol. The van der Waals surface area contributed by atoms with E-state index >= 15 is 0 Å². The molecule has 0 heterocycles. The van der Waals surface area contributed by atoms with E-state index in [1.54, 1.807) is 12.1 Å². The number of alkyl halides is 1. The normalized spacial score (nSPS) is 10.2. The van der Waals surface area contributed by atoms with Gasteiger partial charge in [-0.05, 0) is 44.0 Å². The van der Waals surface area contributed by atoms with E-state index in [9.17, 15) is 4.39 Å². The molecule has 0 spiro atoms. The number of anilines is 1. The van der Waals surface area contributed by atoms with Crippen LogP contribution >= 0.6 is 31.9 Å². The van der Waals surface area contributed by atoms with E-state index in [0.717, 1.165) is 8.95 Å². The average Bonchev–Trinajstić information content (AvgIpc) is 2.09. The van der Waals surface area contributed by atoms with E-state index in [-0.39, 0.29) is 6.67 Å². The Morgan fingerprint density at radius 2 is 1.86 bits per heavy atom. The minimum absolute atomic E-state index is 0.359. The first kappa shape index (κ1) is 11.8. The summed E-state index contributed by atoms with van der Waals surface area (Å²) in [7, 11) is 0. The highest BCUT2D eigenvalue weighted by molar-refractivity contribution is 9.11. The first-order chi connectivity index (χ1) is 6.65. The van der Waals surface area contributed by atoms with Crippen molar-refractivity contribution in [3.8, 4) is 5.75 Å². The maximum Gasteiger partial charge on any atom is 0.147 e.